The first-order chi connectivity index (χ1) is 7.43. The molecule has 0 fully saturated rings. The molecule has 0 aromatic rings. The van der Waals surface area contributed by atoms with Crippen LogP contribution in [-0.2, 0) is 9.47 Å². The molecule has 0 N–H and O–H groups in total. The molecule has 0 aromatic carbocycles. The van der Waals surface area contributed by atoms with Gasteiger partial charge < -0.3 is 9.47 Å². The lowest BCUT2D eigenvalue weighted by Crippen LogP contribution is -2.06. The molecule has 0 aliphatic carbocycles. The van der Waals surface area contributed by atoms with E-state index in [1.807, 2.05) is 0 Å². The van der Waals surface area contributed by atoms with Gasteiger partial charge in [-0.15, -0.1) is 0 Å². The minimum absolute atomic E-state index is 0.501. The van der Waals surface area contributed by atoms with Crippen molar-refractivity contribution < 1.29 is 9.47 Å². The lowest BCUT2D eigenvalue weighted by atomic mass is 10.1. The highest BCUT2D eigenvalue weighted by atomic mass is 16.7. The van der Waals surface area contributed by atoms with Crippen LogP contribution in [0, 0.1) is 0 Å². The normalized spacial score (nSPS) is 14.9. The average Bonchev–Trinajstić information content (AvgIpc) is 2.75. The molecule has 0 amide bonds. The van der Waals surface area contributed by atoms with Crippen LogP contribution in [-0.4, -0.2) is 25.8 Å². The van der Waals surface area contributed by atoms with E-state index in [-0.39, 0.29) is 0 Å². The maximum atomic E-state index is 5.36. The number of nitrogens with zero attached hydrogens (tertiary/aromatic N) is 1. The summed E-state index contributed by atoms with van der Waals surface area (Å²) in [6.07, 6.45) is 9.66. The van der Waals surface area contributed by atoms with E-state index in [0.717, 1.165) is 19.6 Å². The van der Waals surface area contributed by atoms with Gasteiger partial charge >= 0.3 is 6.08 Å². The van der Waals surface area contributed by atoms with Crippen molar-refractivity contribution in [3.63, 3.8) is 0 Å². The summed E-state index contributed by atoms with van der Waals surface area (Å²) in [6.45, 7) is 4.45. The number of rotatable bonds is 8. The second-order valence-electron chi connectivity index (χ2n) is 3.97. The Morgan fingerprint density at radius 1 is 1.13 bits per heavy atom. The summed E-state index contributed by atoms with van der Waals surface area (Å²) < 4.78 is 10.5. The zero-order valence-electron chi connectivity index (χ0n) is 9.83. The molecule has 0 unspecified atom stereocenters. The Balaban J connectivity index is 1.77. The summed E-state index contributed by atoms with van der Waals surface area (Å²) >= 11 is 0. The fourth-order valence-electron chi connectivity index (χ4n) is 1.62. The molecule has 3 nitrogen and oxygen atoms in total. The van der Waals surface area contributed by atoms with Crippen LogP contribution >= 0.6 is 0 Å². The van der Waals surface area contributed by atoms with Crippen molar-refractivity contribution >= 4 is 6.08 Å². The lowest BCUT2D eigenvalue weighted by Gasteiger charge is -2.04. The predicted molar refractivity (Wildman–Crippen MR) is 62.2 cm³/mol. The van der Waals surface area contributed by atoms with Crippen LogP contribution in [0.5, 0.6) is 0 Å². The summed E-state index contributed by atoms with van der Waals surface area (Å²) in [6, 6.07) is 0. The van der Waals surface area contributed by atoms with Gasteiger partial charge in [-0.1, -0.05) is 45.4 Å². The van der Waals surface area contributed by atoms with E-state index in [9.17, 15) is 0 Å². The van der Waals surface area contributed by atoms with Gasteiger partial charge in [-0.2, -0.15) is 0 Å². The van der Waals surface area contributed by atoms with Crippen molar-refractivity contribution in [2.24, 2.45) is 4.99 Å². The Hall–Kier alpha value is -0.730. The number of ether oxygens (including phenoxy) is 2. The van der Waals surface area contributed by atoms with Crippen molar-refractivity contribution in [1.82, 2.24) is 0 Å². The average molecular weight is 213 g/mol. The SMILES string of the molecule is CCCCCCCCCOC1=NCCO1. The molecule has 88 valence electrons. The molecule has 0 saturated heterocycles. The van der Waals surface area contributed by atoms with Gasteiger partial charge in [0.2, 0.25) is 0 Å². The van der Waals surface area contributed by atoms with Crippen LogP contribution in [0.3, 0.4) is 0 Å². The molecule has 1 heterocycles. The van der Waals surface area contributed by atoms with Gasteiger partial charge in [-0.05, 0) is 6.42 Å². The second-order valence-corrected chi connectivity index (χ2v) is 3.97. The summed E-state index contributed by atoms with van der Waals surface area (Å²) in [5.41, 5.74) is 0. The van der Waals surface area contributed by atoms with Crippen LogP contribution in [0.2, 0.25) is 0 Å². The van der Waals surface area contributed by atoms with E-state index < -0.39 is 0 Å². The first-order valence-electron chi connectivity index (χ1n) is 6.23. The topological polar surface area (TPSA) is 30.8 Å². The third-order valence-electron chi connectivity index (χ3n) is 2.53. The Morgan fingerprint density at radius 2 is 1.87 bits per heavy atom. The fraction of sp³-hybridized carbons (Fsp3) is 0.917. The van der Waals surface area contributed by atoms with Gasteiger partial charge in [0, 0.05) is 0 Å². The van der Waals surface area contributed by atoms with E-state index in [1.54, 1.807) is 0 Å². The summed E-state index contributed by atoms with van der Waals surface area (Å²) in [5, 5.41) is 0. The quantitative estimate of drug-likeness (QED) is 0.580. The molecule has 0 spiro atoms. The van der Waals surface area contributed by atoms with Crippen molar-refractivity contribution in [2.45, 2.75) is 51.9 Å². The maximum absolute atomic E-state index is 5.36. The molecule has 3 heteroatoms. The highest BCUT2D eigenvalue weighted by molar-refractivity contribution is 5.68. The number of hydrogen-bond donors (Lipinski definition) is 0. The van der Waals surface area contributed by atoms with Gasteiger partial charge in [0.25, 0.3) is 0 Å². The van der Waals surface area contributed by atoms with Crippen LogP contribution in [0.1, 0.15) is 51.9 Å². The van der Waals surface area contributed by atoms with E-state index in [0.29, 0.717) is 12.7 Å². The predicted octanol–water partition coefficient (Wildman–Crippen LogP) is 3.14. The largest absolute Gasteiger partial charge is 0.451 e. The minimum Gasteiger partial charge on any atom is -0.451 e. The monoisotopic (exact) mass is 213 g/mol. The van der Waals surface area contributed by atoms with E-state index in [2.05, 4.69) is 11.9 Å². The molecule has 0 bridgehead atoms. The number of aliphatic imine (C=N–C) groups is 1. The van der Waals surface area contributed by atoms with Gasteiger partial charge in [0.1, 0.15) is 6.61 Å². The molecule has 15 heavy (non-hydrogen) atoms. The summed E-state index contributed by atoms with van der Waals surface area (Å²) in [5.74, 6) is 0. The summed E-state index contributed by atoms with van der Waals surface area (Å²) in [4.78, 5) is 4.07. The molecule has 0 aromatic heterocycles. The van der Waals surface area contributed by atoms with Gasteiger partial charge in [-0.25, -0.2) is 4.99 Å². The van der Waals surface area contributed by atoms with Crippen LogP contribution in [0.15, 0.2) is 4.99 Å². The number of unbranched alkanes of at least 4 members (excludes halogenated alkanes) is 6. The van der Waals surface area contributed by atoms with Crippen molar-refractivity contribution in [2.75, 3.05) is 19.8 Å². The minimum atomic E-state index is 0.501. The molecular weight excluding hydrogens is 190 g/mol. The molecule has 1 rings (SSSR count). The van der Waals surface area contributed by atoms with E-state index in [1.165, 1.54) is 38.5 Å². The van der Waals surface area contributed by atoms with Crippen LogP contribution < -0.4 is 0 Å². The van der Waals surface area contributed by atoms with Gasteiger partial charge in [-0.3, -0.25) is 0 Å². The van der Waals surface area contributed by atoms with Crippen molar-refractivity contribution in [1.29, 1.82) is 0 Å². The molecule has 1 aliphatic rings. The van der Waals surface area contributed by atoms with Gasteiger partial charge in [0.15, 0.2) is 0 Å². The van der Waals surface area contributed by atoms with Gasteiger partial charge in [0.05, 0.1) is 13.2 Å². The molecular formula is C12H23NO2. The molecule has 0 radical (unpaired) electrons. The fourth-order valence-corrected chi connectivity index (χ4v) is 1.62. The lowest BCUT2D eigenvalue weighted by molar-refractivity contribution is 0.185. The Bertz CT molecular complexity index is 180. The number of hydrogen-bond acceptors (Lipinski definition) is 3. The van der Waals surface area contributed by atoms with Crippen molar-refractivity contribution in [3.05, 3.63) is 0 Å². The van der Waals surface area contributed by atoms with Crippen molar-refractivity contribution in [3.8, 4) is 0 Å². The zero-order chi connectivity index (χ0) is 10.8. The zero-order valence-corrected chi connectivity index (χ0v) is 9.83. The Morgan fingerprint density at radius 3 is 2.53 bits per heavy atom. The van der Waals surface area contributed by atoms with E-state index >= 15 is 0 Å². The third kappa shape index (κ3) is 6.37. The second kappa shape index (κ2) is 8.57. The third-order valence-corrected chi connectivity index (χ3v) is 2.53. The van der Waals surface area contributed by atoms with E-state index in [4.69, 9.17) is 9.47 Å². The maximum Gasteiger partial charge on any atom is 0.383 e. The molecule has 1 aliphatic heterocycles. The highest BCUT2D eigenvalue weighted by Gasteiger charge is 2.06. The highest BCUT2D eigenvalue weighted by Crippen LogP contribution is 2.07. The molecule has 0 saturated carbocycles. The first kappa shape index (κ1) is 12.3. The standard InChI is InChI=1S/C12H23NO2/c1-2-3-4-5-6-7-8-10-14-12-13-9-11-15-12/h2-11H2,1H3. The van der Waals surface area contributed by atoms with Crippen LogP contribution in [0.25, 0.3) is 0 Å². The molecule has 0 atom stereocenters. The summed E-state index contributed by atoms with van der Waals surface area (Å²) in [7, 11) is 0. The Kier molecular flexibility index (Phi) is 7.05. The first-order valence-corrected chi connectivity index (χ1v) is 6.23. The Labute approximate surface area is 92.9 Å². The smallest absolute Gasteiger partial charge is 0.383 e. The van der Waals surface area contributed by atoms with Crippen LogP contribution in [0.4, 0.5) is 0 Å².